The average molecular weight is 82.1 g/mol. The lowest BCUT2D eigenvalue weighted by Gasteiger charge is -1.53. The Balaban J connectivity index is 2.86. The molecule has 6 heavy (non-hydrogen) atoms. The molecule has 0 bridgehead atoms. The third-order valence-corrected chi connectivity index (χ3v) is 0.577. The van der Waals surface area contributed by atoms with Crippen LogP contribution in [0.15, 0.2) is 24.6 Å². The second-order valence-corrected chi connectivity index (χ2v) is 1.04. The van der Waals surface area contributed by atoms with Crippen LogP contribution < -0.4 is 0 Å². The Morgan fingerprint density at radius 1 is 1.17 bits per heavy atom. The number of hydrogen-bond donors (Lipinski definition) is 0. The Morgan fingerprint density at radius 3 is 1.83 bits per heavy atom. The Kier molecular flexibility index (Phi) is 0.572. The smallest absolute Gasteiger partial charge is 0.0132 e. The third-order valence-electron chi connectivity index (χ3n) is 0.577. The van der Waals surface area contributed by atoms with Gasteiger partial charge in [-0.25, -0.2) is 0 Å². The van der Waals surface area contributed by atoms with E-state index in [4.69, 9.17) is 0 Å². The van der Waals surface area contributed by atoms with E-state index in [0.29, 0.717) is 0 Å². The maximum absolute atomic E-state index is 9.99. The zero-order valence-electron chi connectivity index (χ0n) is 3.16. The second kappa shape index (κ2) is 1.05. The van der Waals surface area contributed by atoms with Crippen LogP contribution in [0.25, 0.3) is 0 Å². The molecule has 2 heteroatoms. The minimum Gasteiger partial charge on any atom is 0.0132 e. The van der Waals surface area contributed by atoms with Crippen LogP contribution in [0.2, 0.25) is 0 Å². The van der Waals surface area contributed by atoms with Crippen molar-refractivity contribution < 1.29 is 4.76 Å². The topological polar surface area (TPSA) is 20.1 Å². The molecule has 0 radical (unpaired) electrons. The molecule has 0 unspecified atom stereocenters. The van der Waals surface area contributed by atoms with Crippen LogP contribution >= 0.6 is 0 Å². The fraction of sp³-hybridized carbons (Fsp3) is 0. The highest BCUT2D eigenvalue weighted by Gasteiger charge is 1.97. The summed E-state index contributed by atoms with van der Waals surface area (Å²) in [4.78, 5) is 9.99. The van der Waals surface area contributed by atoms with Crippen molar-refractivity contribution >= 4 is 0 Å². The first-order chi connectivity index (χ1) is 2.89. The van der Waals surface area contributed by atoms with Gasteiger partial charge in [0.1, 0.15) is 0 Å². The lowest BCUT2D eigenvalue weighted by Crippen LogP contribution is -1.76. The van der Waals surface area contributed by atoms with Gasteiger partial charge in [-0.05, 0) is 0 Å². The molecule has 1 heterocycles. The van der Waals surface area contributed by atoms with Crippen molar-refractivity contribution in [2.75, 3.05) is 0 Å². The fourth-order valence-corrected chi connectivity index (χ4v) is 0.319. The fourth-order valence-electron chi connectivity index (χ4n) is 0.319. The summed E-state index contributed by atoms with van der Waals surface area (Å²) in [5.41, 5.74) is 0. The number of hydrogen-bond acceptors (Lipinski definition) is 1. The largest absolute Gasteiger partial charge is 0.227 e. The second-order valence-electron chi connectivity index (χ2n) is 1.04. The lowest BCUT2D eigenvalue weighted by atomic mass is 10.6. The van der Waals surface area contributed by atoms with Crippen molar-refractivity contribution in [2.24, 2.45) is 0 Å². The highest BCUT2D eigenvalue weighted by atomic mass is 16.3. The molecular weight excluding hydrogens is 78.0 g/mol. The van der Waals surface area contributed by atoms with Crippen LogP contribution in [0, 0.1) is 4.91 Å². The van der Waals surface area contributed by atoms with Gasteiger partial charge in [0.2, 0.25) is 12.4 Å². The summed E-state index contributed by atoms with van der Waals surface area (Å²) in [5, 5.41) is 0. The summed E-state index contributed by atoms with van der Waals surface area (Å²) in [5.74, 6) is 0. The Labute approximate surface area is 35.4 Å². The van der Waals surface area contributed by atoms with Crippen molar-refractivity contribution in [3.8, 4) is 0 Å². The minimum absolute atomic E-state index is 0.750. The Morgan fingerprint density at radius 2 is 1.67 bits per heavy atom. The van der Waals surface area contributed by atoms with Gasteiger partial charge in [-0.3, -0.25) is 0 Å². The molecule has 0 amide bonds. The summed E-state index contributed by atoms with van der Waals surface area (Å²) in [6.45, 7) is 0. The van der Waals surface area contributed by atoms with Gasteiger partial charge in [0.15, 0.2) is 0 Å². The average Bonchev–Trinajstić information content (AvgIpc) is 1.86. The molecule has 0 aromatic carbocycles. The molecular formula is C4H4NO+. The van der Waals surface area contributed by atoms with Gasteiger partial charge < -0.3 is 0 Å². The summed E-state index contributed by atoms with van der Waals surface area (Å²) in [6.07, 6.45) is 6.26. The molecule has 0 aromatic rings. The number of nitroso groups, excluding NO2 is 1. The summed E-state index contributed by atoms with van der Waals surface area (Å²) < 4.78 is 0.750. The van der Waals surface area contributed by atoms with Crippen LogP contribution in [0.1, 0.15) is 0 Å². The van der Waals surface area contributed by atoms with Crippen molar-refractivity contribution in [2.45, 2.75) is 0 Å². The van der Waals surface area contributed by atoms with Gasteiger partial charge in [-0.1, -0.05) is 0 Å². The quantitative estimate of drug-likeness (QED) is 0.396. The van der Waals surface area contributed by atoms with Gasteiger partial charge in [-0.15, -0.1) is 0 Å². The van der Waals surface area contributed by atoms with E-state index in [9.17, 15) is 4.91 Å². The zero-order chi connectivity index (χ0) is 4.41. The lowest BCUT2D eigenvalue weighted by molar-refractivity contribution is -0.397. The molecule has 0 fully saturated rings. The van der Waals surface area contributed by atoms with Crippen LogP contribution in [0.4, 0.5) is 0 Å². The molecule has 1 aliphatic rings. The molecule has 2 nitrogen and oxygen atoms in total. The molecule has 0 N–H and O–H groups in total. The SMILES string of the molecule is O=[N+]1C=CC=C1. The summed E-state index contributed by atoms with van der Waals surface area (Å²) in [6, 6.07) is 0. The molecule has 30 valence electrons. The minimum atomic E-state index is 0.750. The van der Waals surface area contributed by atoms with Gasteiger partial charge in [0.05, 0.1) is 4.76 Å². The van der Waals surface area contributed by atoms with E-state index in [1.54, 1.807) is 12.2 Å². The molecule has 0 spiro atoms. The standard InChI is InChI=1S/C4H4NO/c6-5-3-1-2-4-5/h1-4H/q+1. The van der Waals surface area contributed by atoms with Crippen LogP contribution in [0.3, 0.4) is 0 Å². The van der Waals surface area contributed by atoms with E-state index in [1.807, 2.05) is 0 Å². The van der Waals surface area contributed by atoms with E-state index < -0.39 is 0 Å². The molecule has 0 aromatic heterocycles. The zero-order valence-corrected chi connectivity index (χ0v) is 3.16. The molecule has 0 atom stereocenters. The van der Waals surface area contributed by atoms with Gasteiger partial charge in [-0.2, -0.15) is 0 Å². The Bertz CT molecular complexity index is 110. The number of allylic oxidation sites excluding steroid dienone is 2. The molecule has 1 aliphatic heterocycles. The molecule has 0 saturated carbocycles. The third kappa shape index (κ3) is 0.360. The first-order valence-corrected chi connectivity index (χ1v) is 1.70. The summed E-state index contributed by atoms with van der Waals surface area (Å²) >= 11 is 0. The van der Waals surface area contributed by atoms with Gasteiger partial charge in [0, 0.05) is 17.1 Å². The van der Waals surface area contributed by atoms with E-state index in [2.05, 4.69) is 0 Å². The van der Waals surface area contributed by atoms with E-state index in [1.165, 1.54) is 12.4 Å². The van der Waals surface area contributed by atoms with Crippen molar-refractivity contribution in [1.29, 1.82) is 0 Å². The van der Waals surface area contributed by atoms with Gasteiger partial charge >= 0.3 is 0 Å². The number of nitrogens with zero attached hydrogens (tertiary/aromatic N) is 1. The van der Waals surface area contributed by atoms with Gasteiger partial charge in [0.25, 0.3) is 0 Å². The maximum atomic E-state index is 9.99. The number of rotatable bonds is 0. The Hall–Kier alpha value is -0.920. The normalized spacial score (nSPS) is 17.0. The molecule has 0 saturated heterocycles. The first-order valence-electron chi connectivity index (χ1n) is 1.70. The van der Waals surface area contributed by atoms with E-state index >= 15 is 0 Å². The molecule has 0 aliphatic carbocycles. The monoisotopic (exact) mass is 82.0 g/mol. The van der Waals surface area contributed by atoms with Crippen LogP contribution in [0.5, 0.6) is 0 Å². The van der Waals surface area contributed by atoms with Crippen molar-refractivity contribution in [3.05, 3.63) is 29.5 Å². The van der Waals surface area contributed by atoms with Crippen LogP contribution in [-0.2, 0) is 0 Å². The molecule has 1 rings (SSSR count). The predicted molar refractivity (Wildman–Crippen MR) is 21.9 cm³/mol. The maximum Gasteiger partial charge on any atom is 0.227 e. The van der Waals surface area contributed by atoms with E-state index in [-0.39, 0.29) is 0 Å². The highest BCUT2D eigenvalue weighted by molar-refractivity contribution is 5.00. The predicted octanol–water partition coefficient (Wildman–Crippen LogP) is 0.806. The first kappa shape index (κ1) is 3.28. The van der Waals surface area contributed by atoms with E-state index in [0.717, 1.165) is 4.76 Å². The van der Waals surface area contributed by atoms with Crippen molar-refractivity contribution in [3.63, 3.8) is 0 Å². The summed E-state index contributed by atoms with van der Waals surface area (Å²) in [7, 11) is 0. The highest BCUT2D eigenvalue weighted by Crippen LogP contribution is 1.88. The van der Waals surface area contributed by atoms with Crippen molar-refractivity contribution in [1.82, 2.24) is 0 Å². The van der Waals surface area contributed by atoms with Crippen LogP contribution in [-0.4, -0.2) is 4.76 Å².